The van der Waals surface area contributed by atoms with Gasteiger partial charge < -0.3 is 30.1 Å². The summed E-state index contributed by atoms with van der Waals surface area (Å²) >= 11 is 0. The molecule has 0 spiro atoms. The number of aliphatic hydroxyl groups excluding tert-OH is 2. The minimum atomic E-state index is -1.19. The van der Waals surface area contributed by atoms with Gasteiger partial charge in [-0.25, -0.2) is 14.4 Å². The Morgan fingerprint density at radius 1 is 1.17 bits per heavy atom. The molecule has 4 atom stereocenters. The maximum Gasteiger partial charge on any atom is 0.245 e. The van der Waals surface area contributed by atoms with E-state index in [2.05, 4.69) is 15.3 Å². The third-order valence-corrected chi connectivity index (χ3v) is 6.86. The molecular weight excluding hydrogens is 457 g/mol. The average Bonchev–Trinajstić information content (AvgIpc) is 3.32. The standard InChI is InChI=1S/C24H30FN5O5/c1-13-18(31)19(32)22(35-13)30-20-17(29-23(30)28-16-7-9-24(2,33)10-8-16)21(27-12-26-20)34-11-14-3-5-15(25)6-4-14/h3-6,12-13,16,18-19,22,31-33H,7-11H2,1-2H3,(H,28,29)/t13-,16-,18-,19-,22-,24+/m1/s1. The maximum atomic E-state index is 13.2. The summed E-state index contributed by atoms with van der Waals surface area (Å²) in [5.74, 6) is 0.307. The van der Waals surface area contributed by atoms with Crippen LogP contribution in [-0.4, -0.2) is 64.8 Å². The number of nitrogens with zero attached hydrogens (tertiary/aromatic N) is 4. The number of ether oxygens (including phenoxy) is 2. The second kappa shape index (κ2) is 9.30. The Morgan fingerprint density at radius 2 is 1.89 bits per heavy atom. The van der Waals surface area contributed by atoms with Crippen LogP contribution in [0.1, 0.15) is 51.3 Å². The Balaban J connectivity index is 1.48. The second-order valence-electron chi connectivity index (χ2n) is 9.70. The summed E-state index contributed by atoms with van der Waals surface area (Å²) in [6.45, 7) is 3.68. The van der Waals surface area contributed by atoms with Crippen molar-refractivity contribution in [1.29, 1.82) is 0 Å². The molecule has 35 heavy (non-hydrogen) atoms. The van der Waals surface area contributed by atoms with Crippen LogP contribution in [0.5, 0.6) is 5.88 Å². The van der Waals surface area contributed by atoms with Gasteiger partial charge in [-0.1, -0.05) is 12.1 Å². The monoisotopic (exact) mass is 487 g/mol. The molecule has 1 saturated carbocycles. The lowest BCUT2D eigenvalue weighted by molar-refractivity contribution is -0.0289. The van der Waals surface area contributed by atoms with Crippen molar-refractivity contribution in [2.24, 2.45) is 0 Å². The highest BCUT2D eigenvalue weighted by Gasteiger charge is 2.43. The number of fused-ring (bicyclic) bond motifs is 1. The minimum absolute atomic E-state index is 0.0447. The van der Waals surface area contributed by atoms with Gasteiger partial charge in [0.05, 0.1) is 11.7 Å². The fraction of sp³-hybridized carbons (Fsp3) is 0.542. The zero-order valence-electron chi connectivity index (χ0n) is 19.6. The Morgan fingerprint density at radius 3 is 2.54 bits per heavy atom. The van der Waals surface area contributed by atoms with Gasteiger partial charge in [-0.2, -0.15) is 4.98 Å². The number of anilines is 1. The van der Waals surface area contributed by atoms with Gasteiger partial charge in [-0.15, -0.1) is 0 Å². The molecule has 0 amide bonds. The van der Waals surface area contributed by atoms with Crippen molar-refractivity contribution in [2.45, 2.75) is 82.3 Å². The smallest absolute Gasteiger partial charge is 0.245 e. The Hall–Kier alpha value is -2.86. The van der Waals surface area contributed by atoms with Crippen LogP contribution in [0.4, 0.5) is 10.3 Å². The number of benzene rings is 1. The molecule has 2 fully saturated rings. The molecule has 5 rings (SSSR count). The molecule has 0 bridgehead atoms. The van der Waals surface area contributed by atoms with Gasteiger partial charge in [0.25, 0.3) is 0 Å². The van der Waals surface area contributed by atoms with E-state index < -0.39 is 30.1 Å². The van der Waals surface area contributed by atoms with E-state index in [1.807, 2.05) is 6.92 Å². The van der Waals surface area contributed by atoms with Crippen molar-refractivity contribution >= 4 is 17.1 Å². The minimum Gasteiger partial charge on any atom is -0.471 e. The largest absolute Gasteiger partial charge is 0.471 e. The fourth-order valence-corrected chi connectivity index (χ4v) is 4.68. The quantitative estimate of drug-likeness (QED) is 0.413. The van der Waals surface area contributed by atoms with Gasteiger partial charge in [0, 0.05) is 6.04 Å². The maximum absolute atomic E-state index is 13.2. The number of imidazole rings is 1. The average molecular weight is 488 g/mol. The van der Waals surface area contributed by atoms with Crippen molar-refractivity contribution in [2.75, 3.05) is 5.32 Å². The van der Waals surface area contributed by atoms with Gasteiger partial charge in [-0.3, -0.25) is 4.57 Å². The van der Waals surface area contributed by atoms with E-state index in [0.29, 0.717) is 30.0 Å². The first-order valence-electron chi connectivity index (χ1n) is 11.8. The van der Waals surface area contributed by atoms with Crippen LogP contribution < -0.4 is 10.1 Å². The molecule has 0 radical (unpaired) electrons. The summed E-state index contributed by atoms with van der Waals surface area (Å²) in [6, 6.07) is 6.02. The Bertz CT molecular complexity index is 1180. The van der Waals surface area contributed by atoms with Crippen LogP contribution in [0.15, 0.2) is 30.6 Å². The number of halogens is 1. The lowest BCUT2D eigenvalue weighted by atomic mass is 9.84. The van der Waals surface area contributed by atoms with E-state index in [1.165, 1.54) is 18.5 Å². The normalized spacial score (nSPS) is 31.1. The van der Waals surface area contributed by atoms with E-state index in [9.17, 15) is 19.7 Å². The van der Waals surface area contributed by atoms with E-state index >= 15 is 0 Å². The predicted molar refractivity (Wildman–Crippen MR) is 124 cm³/mol. The van der Waals surface area contributed by atoms with E-state index in [0.717, 1.165) is 18.4 Å². The SMILES string of the molecule is C[C@H]1O[C@@H](n2c(N[C@H]3CC[C@@](C)(O)CC3)nc3c(OCc4ccc(F)cc4)ncnc32)[C@H](O)[C@@H]1O. The highest BCUT2D eigenvalue weighted by molar-refractivity contribution is 5.79. The molecule has 1 aliphatic heterocycles. The van der Waals surface area contributed by atoms with Crippen LogP contribution in [0.3, 0.4) is 0 Å². The second-order valence-corrected chi connectivity index (χ2v) is 9.70. The highest BCUT2D eigenvalue weighted by Crippen LogP contribution is 2.37. The third kappa shape index (κ3) is 4.81. The number of hydrogen-bond donors (Lipinski definition) is 4. The molecule has 1 saturated heterocycles. The Kier molecular flexibility index (Phi) is 6.34. The lowest BCUT2D eigenvalue weighted by Gasteiger charge is -2.34. The molecule has 1 aromatic carbocycles. The summed E-state index contributed by atoms with van der Waals surface area (Å²) in [5.41, 5.74) is 0.821. The lowest BCUT2D eigenvalue weighted by Crippen LogP contribution is -2.37. The van der Waals surface area contributed by atoms with Crippen molar-refractivity contribution in [3.8, 4) is 5.88 Å². The number of rotatable bonds is 6. The first-order valence-corrected chi connectivity index (χ1v) is 11.8. The van der Waals surface area contributed by atoms with Gasteiger partial charge in [0.15, 0.2) is 17.4 Å². The van der Waals surface area contributed by atoms with E-state index in [1.54, 1.807) is 23.6 Å². The Labute approximate surface area is 201 Å². The summed E-state index contributed by atoms with van der Waals surface area (Å²) in [4.78, 5) is 13.3. The van der Waals surface area contributed by atoms with Crippen LogP contribution >= 0.6 is 0 Å². The van der Waals surface area contributed by atoms with E-state index in [4.69, 9.17) is 14.5 Å². The highest BCUT2D eigenvalue weighted by atomic mass is 19.1. The van der Waals surface area contributed by atoms with Crippen molar-refractivity contribution in [3.63, 3.8) is 0 Å². The summed E-state index contributed by atoms with van der Waals surface area (Å²) in [6.07, 6.45) is 0.360. The summed E-state index contributed by atoms with van der Waals surface area (Å²) in [5, 5.41) is 34.8. The van der Waals surface area contributed by atoms with Gasteiger partial charge in [0.2, 0.25) is 11.8 Å². The number of nitrogens with one attached hydrogen (secondary N) is 1. The first-order chi connectivity index (χ1) is 16.7. The van der Waals surface area contributed by atoms with Crippen molar-refractivity contribution < 1.29 is 29.2 Å². The molecule has 11 heteroatoms. The molecule has 2 aliphatic rings. The number of hydrogen-bond acceptors (Lipinski definition) is 9. The van der Waals surface area contributed by atoms with Crippen LogP contribution in [0.25, 0.3) is 11.2 Å². The molecule has 3 aromatic rings. The molecule has 188 valence electrons. The molecular formula is C24H30FN5O5. The van der Waals surface area contributed by atoms with E-state index in [-0.39, 0.29) is 24.3 Å². The van der Waals surface area contributed by atoms with Crippen LogP contribution in [0.2, 0.25) is 0 Å². The fourth-order valence-electron chi connectivity index (χ4n) is 4.68. The summed E-state index contributed by atoms with van der Waals surface area (Å²) in [7, 11) is 0. The number of aliphatic hydroxyl groups is 3. The number of aromatic nitrogens is 4. The topological polar surface area (TPSA) is 135 Å². The molecule has 2 aromatic heterocycles. The van der Waals surface area contributed by atoms with Crippen molar-refractivity contribution in [1.82, 2.24) is 19.5 Å². The molecule has 10 nitrogen and oxygen atoms in total. The zero-order chi connectivity index (χ0) is 24.7. The molecule has 4 N–H and O–H groups in total. The predicted octanol–water partition coefficient (Wildman–Crippen LogP) is 2.29. The third-order valence-electron chi connectivity index (χ3n) is 6.86. The van der Waals surface area contributed by atoms with Crippen LogP contribution in [-0.2, 0) is 11.3 Å². The molecule has 0 unspecified atom stereocenters. The van der Waals surface area contributed by atoms with Crippen molar-refractivity contribution in [3.05, 3.63) is 42.0 Å². The zero-order valence-corrected chi connectivity index (χ0v) is 19.6. The van der Waals surface area contributed by atoms with Gasteiger partial charge >= 0.3 is 0 Å². The summed E-state index contributed by atoms with van der Waals surface area (Å²) < 4.78 is 26.6. The van der Waals surface area contributed by atoms with Crippen LogP contribution in [0, 0.1) is 5.82 Å². The molecule has 1 aliphatic carbocycles. The molecule has 3 heterocycles. The first kappa shape index (κ1) is 23.9. The van der Waals surface area contributed by atoms with Gasteiger partial charge in [0.1, 0.15) is 31.0 Å². The van der Waals surface area contributed by atoms with Gasteiger partial charge in [-0.05, 0) is 57.2 Å².